The van der Waals surface area contributed by atoms with Gasteiger partial charge in [-0.25, -0.2) is 4.98 Å². The summed E-state index contributed by atoms with van der Waals surface area (Å²) in [6, 6.07) is 17.2. The molecule has 2 aromatic carbocycles. The molecule has 0 bridgehead atoms. The maximum Gasteiger partial charge on any atom is 0.231 e. The number of furan rings is 1. The van der Waals surface area contributed by atoms with Crippen LogP contribution in [0.3, 0.4) is 0 Å². The molecule has 0 fully saturated rings. The Kier molecular flexibility index (Phi) is 6.44. The molecule has 35 heavy (non-hydrogen) atoms. The summed E-state index contributed by atoms with van der Waals surface area (Å²) in [6.07, 6.45) is 2.01. The molecule has 2 aromatic heterocycles. The number of benzene rings is 2. The van der Waals surface area contributed by atoms with E-state index in [4.69, 9.17) is 23.6 Å². The highest BCUT2D eigenvalue weighted by atomic mass is 79.9. The fourth-order valence-electron chi connectivity index (χ4n) is 4.72. The number of rotatable bonds is 8. The van der Waals surface area contributed by atoms with E-state index in [1.807, 2.05) is 73.6 Å². The average Bonchev–Trinajstić information content (AvgIpc) is 3.54. The molecule has 0 radical (unpaired) electrons. The van der Waals surface area contributed by atoms with Crippen LogP contribution < -0.4 is 14.2 Å². The van der Waals surface area contributed by atoms with E-state index in [2.05, 4.69) is 15.9 Å². The molecule has 4 aromatic rings. The van der Waals surface area contributed by atoms with Crippen molar-refractivity contribution in [2.45, 2.75) is 17.9 Å². The number of para-hydroxylation sites is 1. The SMILES string of the molecule is COc1nc2ccc(Br)cc2cc1C(c1ccco1)C(O)(CCN(C)C)c1cccc2c1OCO2. The molecule has 3 heterocycles. The van der Waals surface area contributed by atoms with E-state index in [9.17, 15) is 5.11 Å². The molecule has 182 valence electrons. The van der Waals surface area contributed by atoms with Crippen molar-refractivity contribution in [2.24, 2.45) is 0 Å². The predicted octanol–water partition coefficient (Wildman–Crippen LogP) is 5.30. The standard InChI is InChI=1S/C27H27BrN2O5/c1-30(2)12-11-27(31,20-6-4-7-23-25(20)35-16-34-23)24(22-8-5-13-33-22)19-15-17-14-18(28)9-10-21(17)29-26(19)32-3/h4-10,13-15,24,31H,11-12,16H2,1-3H3. The van der Waals surface area contributed by atoms with Gasteiger partial charge in [0.05, 0.1) is 24.8 Å². The summed E-state index contributed by atoms with van der Waals surface area (Å²) in [4.78, 5) is 6.82. The lowest BCUT2D eigenvalue weighted by molar-refractivity contribution is -0.00384. The third-order valence-electron chi connectivity index (χ3n) is 6.38. The van der Waals surface area contributed by atoms with Gasteiger partial charge in [-0.2, -0.15) is 0 Å². The number of nitrogens with zero attached hydrogens (tertiary/aromatic N) is 2. The van der Waals surface area contributed by atoms with E-state index >= 15 is 0 Å². The van der Waals surface area contributed by atoms with Crippen molar-refractivity contribution in [3.63, 3.8) is 0 Å². The van der Waals surface area contributed by atoms with Crippen LogP contribution >= 0.6 is 15.9 Å². The molecule has 2 atom stereocenters. The molecule has 8 heteroatoms. The van der Waals surface area contributed by atoms with Gasteiger partial charge in [-0.1, -0.05) is 28.1 Å². The highest BCUT2D eigenvalue weighted by molar-refractivity contribution is 9.10. The lowest BCUT2D eigenvalue weighted by Gasteiger charge is -2.37. The second kappa shape index (κ2) is 9.53. The van der Waals surface area contributed by atoms with Gasteiger partial charge in [-0.15, -0.1) is 0 Å². The fraction of sp³-hybridized carbons (Fsp3) is 0.296. The minimum absolute atomic E-state index is 0.108. The zero-order chi connectivity index (χ0) is 24.6. The monoisotopic (exact) mass is 538 g/mol. The van der Waals surface area contributed by atoms with Gasteiger partial charge in [0, 0.05) is 27.5 Å². The minimum Gasteiger partial charge on any atom is -0.481 e. The van der Waals surface area contributed by atoms with Crippen molar-refractivity contribution in [1.82, 2.24) is 9.88 Å². The summed E-state index contributed by atoms with van der Waals surface area (Å²) in [5.41, 5.74) is 0.703. The molecule has 0 saturated heterocycles. The third kappa shape index (κ3) is 4.37. The zero-order valence-electron chi connectivity index (χ0n) is 19.8. The van der Waals surface area contributed by atoms with Crippen LogP contribution in [-0.4, -0.2) is 49.5 Å². The fourth-order valence-corrected chi connectivity index (χ4v) is 5.10. The van der Waals surface area contributed by atoms with Gasteiger partial charge in [0.25, 0.3) is 0 Å². The molecular formula is C27H27BrN2O5. The molecule has 0 spiro atoms. The van der Waals surface area contributed by atoms with Gasteiger partial charge in [-0.05, 0) is 63.0 Å². The summed E-state index contributed by atoms with van der Waals surface area (Å²) in [6.45, 7) is 0.726. The number of aliphatic hydroxyl groups is 1. The summed E-state index contributed by atoms with van der Waals surface area (Å²) in [5.74, 6) is 1.53. The first-order chi connectivity index (χ1) is 16.9. The van der Waals surface area contributed by atoms with Gasteiger partial charge in [0.15, 0.2) is 11.5 Å². The second-order valence-corrected chi connectivity index (χ2v) is 9.80. The van der Waals surface area contributed by atoms with E-state index in [1.54, 1.807) is 13.4 Å². The van der Waals surface area contributed by atoms with Gasteiger partial charge >= 0.3 is 0 Å². The van der Waals surface area contributed by atoms with E-state index in [0.29, 0.717) is 47.2 Å². The predicted molar refractivity (Wildman–Crippen MR) is 136 cm³/mol. The van der Waals surface area contributed by atoms with Gasteiger partial charge in [-0.3, -0.25) is 0 Å². The molecule has 1 N–H and O–H groups in total. The topological polar surface area (TPSA) is 77.2 Å². The van der Waals surface area contributed by atoms with Gasteiger partial charge < -0.3 is 28.6 Å². The minimum atomic E-state index is -1.43. The van der Waals surface area contributed by atoms with Crippen LogP contribution in [0.15, 0.2) is 69.8 Å². The first kappa shape index (κ1) is 23.7. The van der Waals surface area contributed by atoms with Crippen LogP contribution in [-0.2, 0) is 5.60 Å². The number of pyridine rings is 1. The summed E-state index contributed by atoms with van der Waals surface area (Å²) >= 11 is 3.56. The van der Waals surface area contributed by atoms with E-state index in [0.717, 1.165) is 15.4 Å². The Balaban J connectivity index is 1.78. The zero-order valence-corrected chi connectivity index (χ0v) is 21.4. The number of methoxy groups -OCH3 is 1. The van der Waals surface area contributed by atoms with Crippen LogP contribution in [0.4, 0.5) is 0 Å². The number of ether oxygens (including phenoxy) is 3. The molecule has 0 aliphatic carbocycles. The van der Waals surface area contributed by atoms with Gasteiger partial charge in [0.1, 0.15) is 11.4 Å². The number of halogens is 1. The molecule has 5 rings (SSSR count). The van der Waals surface area contributed by atoms with Crippen molar-refractivity contribution < 1.29 is 23.7 Å². The smallest absolute Gasteiger partial charge is 0.231 e. The number of fused-ring (bicyclic) bond motifs is 2. The van der Waals surface area contributed by atoms with E-state index in [1.165, 1.54) is 0 Å². The summed E-state index contributed by atoms with van der Waals surface area (Å²) < 4.78 is 24.1. The van der Waals surface area contributed by atoms with Gasteiger partial charge in [0.2, 0.25) is 12.7 Å². The van der Waals surface area contributed by atoms with Crippen molar-refractivity contribution in [3.8, 4) is 17.4 Å². The molecule has 7 nitrogen and oxygen atoms in total. The number of aromatic nitrogens is 1. The molecule has 1 aliphatic heterocycles. The van der Waals surface area contributed by atoms with Crippen molar-refractivity contribution in [2.75, 3.05) is 34.5 Å². The molecule has 2 unspecified atom stereocenters. The highest BCUT2D eigenvalue weighted by Crippen LogP contribution is 2.52. The largest absolute Gasteiger partial charge is 0.481 e. The summed E-state index contributed by atoms with van der Waals surface area (Å²) in [5, 5.41) is 13.6. The van der Waals surface area contributed by atoms with Crippen LogP contribution in [0.5, 0.6) is 17.4 Å². The Hall–Kier alpha value is -3.07. The number of hydrogen-bond donors (Lipinski definition) is 1. The third-order valence-corrected chi connectivity index (χ3v) is 6.88. The van der Waals surface area contributed by atoms with Crippen LogP contribution in [0.2, 0.25) is 0 Å². The maximum atomic E-state index is 12.7. The van der Waals surface area contributed by atoms with Crippen molar-refractivity contribution in [3.05, 3.63) is 82.2 Å². The summed E-state index contributed by atoms with van der Waals surface area (Å²) in [7, 11) is 5.55. The second-order valence-electron chi connectivity index (χ2n) is 8.89. The van der Waals surface area contributed by atoms with Crippen molar-refractivity contribution in [1.29, 1.82) is 0 Å². The van der Waals surface area contributed by atoms with E-state index in [-0.39, 0.29) is 6.79 Å². The molecule has 0 saturated carbocycles. The highest BCUT2D eigenvalue weighted by Gasteiger charge is 2.46. The average molecular weight is 539 g/mol. The van der Waals surface area contributed by atoms with E-state index < -0.39 is 11.5 Å². The molecular weight excluding hydrogens is 512 g/mol. The molecule has 0 amide bonds. The Morgan fingerprint density at radius 2 is 2.00 bits per heavy atom. The Morgan fingerprint density at radius 1 is 1.14 bits per heavy atom. The van der Waals surface area contributed by atoms with Crippen molar-refractivity contribution >= 4 is 26.8 Å². The lowest BCUT2D eigenvalue weighted by Crippen LogP contribution is -2.38. The first-order valence-electron chi connectivity index (χ1n) is 11.3. The number of hydrogen-bond acceptors (Lipinski definition) is 7. The van der Waals surface area contributed by atoms with Crippen LogP contribution in [0.1, 0.15) is 29.2 Å². The van der Waals surface area contributed by atoms with Crippen LogP contribution in [0.25, 0.3) is 10.9 Å². The Bertz CT molecular complexity index is 1340. The Morgan fingerprint density at radius 3 is 2.74 bits per heavy atom. The molecule has 1 aliphatic rings. The normalized spacial score (nSPS) is 15.4. The van der Waals surface area contributed by atoms with Crippen LogP contribution in [0, 0.1) is 0 Å². The maximum absolute atomic E-state index is 12.7. The Labute approximate surface area is 212 Å². The quantitative estimate of drug-likeness (QED) is 0.326. The lowest BCUT2D eigenvalue weighted by atomic mass is 9.73. The first-order valence-corrected chi connectivity index (χ1v) is 12.1.